The number of nitrogens with zero attached hydrogens (tertiary/aromatic N) is 2. The number of carbonyl (C=O) groups excluding carboxylic acids is 3. The molecule has 2 heterocycles. The third kappa shape index (κ3) is 4.08. The van der Waals surface area contributed by atoms with Crippen molar-refractivity contribution < 1.29 is 18.8 Å². The minimum Gasteiger partial charge on any atom is -0.354 e. The lowest BCUT2D eigenvalue weighted by atomic mass is 10.0. The molecule has 3 aromatic carbocycles. The number of nitrogens with one attached hydrogen (secondary N) is 1. The molecule has 6 nitrogen and oxygen atoms in total. The lowest BCUT2D eigenvalue weighted by Crippen LogP contribution is -2.51. The zero-order valence-corrected chi connectivity index (χ0v) is 20.0. The van der Waals surface area contributed by atoms with E-state index in [1.165, 1.54) is 45.8 Å². The molecule has 1 spiro atoms. The molecule has 3 aromatic rings. The Morgan fingerprint density at radius 1 is 1.06 bits per heavy atom. The molecule has 8 heteroatoms. The number of amides is 3. The van der Waals surface area contributed by atoms with Crippen LogP contribution in [0.4, 0.5) is 15.8 Å². The fourth-order valence-electron chi connectivity index (χ4n) is 4.65. The summed E-state index contributed by atoms with van der Waals surface area (Å²) in [4.78, 5) is 41.4. The zero-order valence-electron chi connectivity index (χ0n) is 19.2. The highest BCUT2D eigenvalue weighted by molar-refractivity contribution is 8.02. The van der Waals surface area contributed by atoms with Gasteiger partial charge in [-0.3, -0.25) is 24.2 Å². The number of hydrogen-bond donors (Lipinski definition) is 1. The first-order valence-electron chi connectivity index (χ1n) is 11.4. The second-order valence-electron chi connectivity index (χ2n) is 8.64. The molecular formula is C27H24FN3O3S. The van der Waals surface area contributed by atoms with E-state index in [1.807, 2.05) is 55.5 Å². The Morgan fingerprint density at radius 2 is 1.80 bits per heavy atom. The normalized spacial score (nSPS) is 18.9. The molecule has 2 aliphatic rings. The van der Waals surface area contributed by atoms with Crippen LogP contribution in [0.2, 0.25) is 0 Å². The first-order valence-corrected chi connectivity index (χ1v) is 12.3. The van der Waals surface area contributed by atoms with Crippen molar-refractivity contribution >= 4 is 40.9 Å². The summed E-state index contributed by atoms with van der Waals surface area (Å²) in [5, 5.41) is 2.90. The van der Waals surface area contributed by atoms with Gasteiger partial charge in [0.05, 0.1) is 11.4 Å². The number of hydrogen-bond acceptors (Lipinski definition) is 4. The average molecular weight is 490 g/mol. The van der Waals surface area contributed by atoms with Gasteiger partial charge in [0.2, 0.25) is 16.7 Å². The van der Waals surface area contributed by atoms with E-state index in [9.17, 15) is 18.8 Å². The van der Waals surface area contributed by atoms with Crippen LogP contribution in [0.15, 0.2) is 72.8 Å². The van der Waals surface area contributed by atoms with Crippen molar-refractivity contribution in [3.63, 3.8) is 0 Å². The van der Waals surface area contributed by atoms with Gasteiger partial charge in [0, 0.05) is 17.8 Å². The largest absolute Gasteiger partial charge is 0.354 e. The van der Waals surface area contributed by atoms with Crippen LogP contribution in [-0.2, 0) is 25.7 Å². The van der Waals surface area contributed by atoms with E-state index in [1.54, 1.807) is 0 Å². The van der Waals surface area contributed by atoms with Gasteiger partial charge in [-0.05, 0) is 49.2 Å². The summed E-state index contributed by atoms with van der Waals surface area (Å²) in [7, 11) is 0. The quantitative estimate of drug-likeness (QED) is 0.572. The molecule has 0 radical (unpaired) electrons. The van der Waals surface area contributed by atoms with E-state index in [2.05, 4.69) is 5.32 Å². The van der Waals surface area contributed by atoms with Gasteiger partial charge in [0.25, 0.3) is 5.91 Å². The van der Waals surface area contributed by atoms with E-state index < -0.39 is 10.7 Å². The van der Waals surface area contributed by atoms with Gasteiger partial charge < -0.3 is 5.32 Å². The zero-order chi connectivity index (χ0) is 24.6. The summed E-state index contributed by atoms with van der Waals surface area (Å²) >= 11 is 1.23. The Bertz CT molecular complexity index is 1300. The smallest absolute Gasteiger partial charge is 0.269 e. The van der Waals surface area contributed by atoms with Crippen LogP contribution >= 0.6 is 11.8 Å². The summed E-state index contributed by atoms with van der Waals surface area (Å²) in [6, 6.07) is 21.0. The fraction of sp³-hybridized carbons (Fsp3) is 0.222. The van der Waals surface area contributed by atoms with Crippen LogP contribution in [0.5, 0.6) is 0 Å². The monoisotopic (exact) mass is 489 g/mol. The molecule has 0 saturated carbocycles. The van der Waals surface area contributed by atoms with Crippen molar-refractivity contribution in [2.45, 2.75) is 18.2 Å². The molecule has 1 atom stereocenters. The summed E-state index contributed by atoms with van der Waals surface area (Å²) in [5.41, 5.74) is 3.76. The van der Waals surface area contributed by atoms with Crippen LogP contribution in [0, 0.1) is 12.7 Å². The number of anilines is 2. The number of thioether (sulfide) groups is 1. The first-order chi connectivity index (χ1) is 16.9. The van der Waals surface area contributed by atoms with Crippen molar-refractivity contribution in [3.8, 4) is 0 Å². The molecule has 5 rings (SSSR count). The molecule has 2 aliphatic heterocycles. The second-order valence-corrected chi connectivity index (χ2v) is 9.80. The Morgan fingerprint density at radius 3 is 2.54 bits per heavy atom. The molecular weight excluding hydrogens is 465 g/mol. The highest BCUT2D eigenvalue weighted by atomic mass is 32.2. The van der Waals surface area contributed by atoms with E-state index in [0.29, 0.717) is 29.9 Å². The minimum atomic E-state index is -1.33. The number of halogens is 1. The molecule has 1 N–H and O–H groups in total. The van der Waals surface area contributed by atoms with Gasteiger partial charge in [0.15, 0.2) is 0 Å². The van der Waals surface area contributed by atoms with Crippen LogP contribution in [0.25, 0.3) is 0 Å². The maximum absolute atomic E-state index is 14.0. The maximum Gasteiger partial charge on any atom is 0.269 e. The second kappa shape index (κ2) is 9.19. The maximum atomic E-state index is 14.0. The molecule has 35 heavy (non-hydrogen) atoms. The van der Waals surface area contributed by atoms with Crippen molar-refractivity contribution in [2.24, 2.45) is 0 Å². The first kappa shape index (κ1) is 23.1. The van der Waals surface area contributed by atoms with Gasteiger partial charge in [-0.1, -0.05) is 48.0 Å². The SMILES string of the molecule is Cc1ccc2c(c1)[C@]1(SCC(=O)N1c1ccc(F)cc1)C(=O)N2CC(=O)NCCc1ccccc1. The van der Waals surface area contributed by atoms with Gasteiger partial charge in [-0.15, -0.1) is 11.8 Å². The summed E-state index contributed by atoms with van der Waals surface area (Å²) in [6.07, 6.45) is 0.683. The van der Waals surface area contributed by atoms with Crippen LogP contribution in [0.3, 0.4) is 0 Å². The highest BCUT2D eigenvalue weighted by Crippen LogP contribution is 2.55. The van der Waals surface area contributed by atoms with Gasteiger partial charge in [-0.2, -0.15) is 0 Å². The predicted molar refractivity (Wildman–Crippen MR) is 135 cm³/mol. The third-order valence-corrected chi connectivity index (χ3v) is 7.66. The number of benzene rings is 3. The number of fused-ring (bicyclic) bond motifs is 2. The van der Waals surface area contributed by atoms with Gasteiger partial charge >= 0.3 is 0 Å². The molecule has 0 aromatic heterocycles. The van der Waals surface area contributed by atoms with E-state index >= 15 is 0 Å². The lowest BCUT2D eigenvalue weighted by molar-refractivity contribution is -0.125. The van der Waals surface area contributed by atoms with Crippen LogP contribution in [0.1, 0.15) is 16.7 Å². The number of aryl methyl sites for hydroxylation is 1. The molecule has 0 bridgehead atoms. The van der Waals surface area contributed by atoms with Crippen molar-refractivity contribution in [1.29, 1.82) is 0 Å². The molecule has 0 unspecified atom stereocenters. The molecule has 0 aliphatic carbocycles. The fourth-order valence-corrected chi connectivity index (χ4v) is 6.00. The Kier molecular flexibility index (Phi) is 6.06. The lowest BCUT2D eigenvalue weighted by Gasteiger charge is -2.33. The van der Waals surface area contributed by atoms with E-state index in [0.717, 1.165) is 11.1 Å². The van der Waals surface area contributed by atoms with Gasteiger partial charge in [0.1, 0.15) is 12.4 Å². The Labute approximate surface area is 207 Å². The molecule has 178 valence electrons. The topological polar surface area (TPSA) is 69.7 Å². The van der Waals surface area contributed by atoms with E-state index in [4.69, 9.17) is 0 Å². The standard InChI is InChI=1S/C27H24FN3O3S/c1-18-7-12-23-22(15-18)27(31(25(33)17-35-27)21-10-8-20(28)9-11-21)26(34)30(23)16-24(32)29-14-13-19-5-3-2-4-6-19/h2-12,15H,13-14,16-17H2,1H3,(H,29,32)/t27-/m0/s1. The predicted octanol–water partition coefficient (Wildman–Crippen LogP) is 3.77. The number of carbonyl (C=O) groups is 3. The highest BCUT2D eigenvalue weighted by Gasteiger charge is 2.61. The van der Waals surface area contributed by atoms with E-state index in [-0.39, 0.29) is 30.0 Å². The Hall–Kier alpha value is -3.65. The van der Waals surface area contributed by atoms with Gasteiger partial charge in [-0.25, -0.2) is 4.39 Å². The minimum absolute atomic E-state index is 0.105. The van der Waals surface area contributed by atoms with Crippen molar-refractivity contribution in [3.05, 3.63) is 95.3 Å². The summed E-state index contributed by atoms with van der Waals surface area (Å²) < 4.78 is 13.6. The summed E-state index contributed by atoms with van der Waals surface area (Å²) in [6.45, 7) is 2.21. The number of rotatable bonds is 6. The molecule has 3 amide bonds. The average Bonchev–Trinajstić information content (AvgIpc) is 3.31. The molecule has 1 fully saturated rings. The van der Waals surface area contributed by atoms with Crippen molar-refractivity contribution in [1.82, 2.24) is 5.32 Å². The Balaban J connectivity index is 1.43. The van der Waals surface area contributed by atoms with Crippen LogP contribution in [-0.4, -0.2) is 36.6 Å². The van der Waals surface area contributed by atoms with Crippen LogP contribution < -0.4 is 15.1 Å². The summed E-state index contributed by atoms with van der Waals surface area (Å²) in [5.74, 6) is -1.19. The van der Waals surface area contributed by atoms with Crippen molar-refractivity contribution in [2.75, 3.05) is 28.6 Å². The third-order valence-electron chi connectivity index (χ3n) is 6.28. The molecule has 1 saturated heterocycles.